The van der Waals surface area contributed by atoms with Crippen LogP contribution in [0.15, 0.2) is 48.8 Å². The minimum atomic E-state index is -1.82. The van der Waals surface area contributed by atoms with Crippen molar-refractivity contribution in [2.45, 2.75) is 46.3 Å². The zero-order valence-corrected chi connectivity index (χ0v) is 20.2. The molecule has 2 aromatic carbocycles. The van der Waals surface area contributed by atoms with Gasteiger partial charge in [-0.2, -0.15) is 0 Å². The van der Waals surface area contributed by atoms with Crippen LogP contribution in [-0.2, 0) is 20.9 Å². The number of imidazole rings is 1. The van der Waals surface area contributed by atoms with Gasteiger partial charge in [-0.3, -0.25) is 4.79 Å². The number of aromatic nitrogens is 2. The molecule has 2 heterocycles. The fraction of sp³-hybridized carbons (Fsp3) is 0.385. The Bertz CT molecular complexity index is 1170. The first-order valence-electron chi connectivity index (χ1n) is 11.5. The lowest BCUT2D eigenvalue weighted by Crippen LogP contribution is -2.45. The number of hydrogen-bond donors (Lipinski definition) is 2. The molecule has 0 saturated carbocycles. The van der Waals surface area contributed by atoms with Crippen molar-refractivity contribution < 1.29 is 29.3 Å². The molecule has 1 aliphatic heterocycles. The van der Waals surface area contributed by atoms with Crippen molar-refractivity contribution in [2.75, 3.05) is 13.1 Å². The first kappa shape index (κ1) is 25.7. The summed E-state index contributed by atoms with van der Waals surface area (Å²) in [6, 6.07) is 13.9. The van der Waals surface area contributed by atoms with Gasteiger partial charge < -0.3 is 24.4 Å². The quantitative estimate of drug-likeness (QED) is 0.535. The van der Waals surface area contributed by atoms with Gasteiger partial charge in [0.05, 0.1) is 17.4 Å². The Balaban J connectivity index is 0.000000509. The molecule has 9 nitrogen and oxygen atoms in total. The number of para-hydroxylation sites is 1. The third-order valence-electron chi connectivity index (χ3n) is 6.20. The van der Waals surface area contributed by atoms with Crippen LogP contribution in [0.25, 0.3) is 11.0 Å². The van der Waals surface area contributed by atoms with Crippen LogP contribution >= 0.6 is 0 Å². The van der Waals surface area contributed by atoms with E-state index in [2.05, 4.69) is 35.5 Å². The van der Waals surface area contributed by atoms with Gasteiger partial charge in [0.15, 0.2) is 6.10 Å². The minimum absolute atomic E-state index is 0.0754. The SMILES string of the molecule is Cc1cc2ncn(CC3CCN(C(=O)C(C)Oc4ccccc4)CC3)c2cc1C.O=C(O)C(=O)O. The van der Waals surface area contributed by atoms with Gasteiger partial charge in [0.1, 0.15) is 5.75 Å². The van der Waals surface area contributed by atoms with Crippen LogP contribution in [0.4, 0.5) is 0 Å². The van der Waals surface area contributed by atoms with Crippen molar-refractivity contribution in [3.05, 3.63) is 59.9 Å². The molecule has 0 aliphatic carbocycles. The highest BCUT2D eigenvalue weighted by Gasteiger charge is 2.27. The van der Waals surface area contributed by atoms with Crippen LogP contribution in [0.3, 0.4) is 0 Å². The molecule has 186 valence electrons. The molecule has 1 amide bonds. The molecule has 3 aromatic rings. The number of aliphatic carboxylic acids is 2. The monoisotopic (exact) mass is 481 g/mol. The molecule has 0 spiro atoms. The van der Waals surface area contributed by atoms with Crippen molar-refractivity contribution in [1.82, 2.24) is 14.5 Å². The number of hydrogen-bond acceptors (Lipinski definition) is 5. The molecule has 1 aromatic heterocycles. The van der Waals surface area contributed by atoms with E-state index in [9.17, 15) is 4.79 Å². The van der Waals surface area contributed by atoms with Crippen molar-refractivity contribution in [1.29, 1.82) is 0 Å². The van der Waals surface area contributed by atoms with Gasteiger partial charge in [0.2, 0.25) is 0 Å². The van der Waals surface area contributed by atoms with E-state index in [0.717, 1.165) is 43.7 Å². The van der Waals surface area contributed by atoms with Gasteiger partial charge in [0.25, 0.3) is 5.91 Å². The first-order valence-corrected chi connectivity index (χ1v) is 11.5. The Morgan fingerprint density at radius 2 is 1.63 bits per heavy atom. The summed E-state index contributed by atoms with van der Waals surface area (Å²) < 4.78 is 8.08. The topological polar surface area (TPSA) is 122 Å². The molecule has 0 radical (unpaired) electrons. The number of piperidine rings is 1. The van der Waals surface area contributed by atoms with E-state index in [4.69, 9.17) is 24.5 Å². The second-order valence-electron chi connectivity index (χ2n) is 8.77. The van der Waals surface area contributed by atoms with Crippen LogP contribution in [0.2, 0.25) is 0 Å². The van der Waals surface area contributed by atoms with Gasteiger partial charge in [0, 0.05) is 19.6 Å². The standard InChI is InChI=1S/C24H29N3O2.C2H2O4/c1-17-13-22-23(14-18(17)2)27(16-25-22)15-20-9-11-26(12-10-20)24(28)19(3)29-21-7-5-4-6-8-21;3-1(4)2(5)6/h4-8,13-14,16,19-20H,9-12,15H2,1-3H3;(H,3,4)(H,5,6). The number of carboxylic acids is 2. The van der Waals surface area contributed by atoms with E-state index < -0.39 is 18.0 Å². The molecular formula is C26H31N3O6. The lowest BCUT2D eigenvalue weighted by Gasteiger charge is -2.33. The number of carbonyl (C=O) groups excluding carboxylic acids is 1. The van der Waals surface area contributed by atoms with E-state index in [1.807, 2.05) is 48.5 Å². The van der Waals surface area contributed by atoms with Crippen molar-refractivity contribution in [2.24, 2.45) is 5.92 Å². The van der Waals surface area contributed by atoms with Crippen LogP contribution in [0, 0.1) is 19.8 Å². The van der Waals surface area contributed by atoms with Crippen molar-refractivity contribution >= 4 is 28.9 Å². The second kappa shape index (κ2) is 11.5. The summed E-state index contributed by atoms with van der Waals surface area (Å²) in [5, 5.41) is 14.8. The average molecular weight is 482 g/mol. The smallest absolute Gasteiger partial charge is 0.414 e. The second-order valence-corrected chi connectivity index (χ2v) is 8.77. The molecule has 1 aliphatic rings. The van der Waals surface area contributed by atoms with Gasteiger partial charge in [-0.05, 0) is 74.9 Å². The van der Waals surface area contributed by atoms with E-state index in [1.165, 1.54) is 16.6 Å². The Kier molecular flexibility index (Phi) is 8.46. The summed E-state index contributed by atoms with van der Waals surface area (Å²) in [4.78, 5) is 37.5. The van der Waals surface area contributed by atoms with E-state index in [-0.39, 0.29) is 5.91 Å². The zero-order chi connectivity index (χ0) is 25.5. The predicted molar refractivity (Wildman–Crippen MR) is 130 cm³/mol. The van der Waals surface area contributed by atoms with Crippen molar-refractivity contribution in [3.8, 4) is 5.75 Å². The van der Waals surface area contributed by atoms with Gasteiger partial charge in [-0.1, -0.05) is 18.2 Å². The normalized spacial score (nSPS) is 14.7. The highest BCUT2D eigenvalue weighted by atomic mass is 16.5. The summed E-state index contributed by atoms with van der Waals surface area (Å²) in [5.74, 6) is -2.28. The Labute approximate surface area is 203 Å². The molecule has 4 rings (SSSR count). The fourth-order valence-electron chi connectivity index (χ4n) is 4.08. The lowest BCUT2D eigenvalue weighted by molar-refractivity contribution is -0.159. The maximum absolute atomic E-state index is 12.8. The van der Waals surface area contributed by atoms with Crippen LogP contribution in [0.5, 0.6) is 5.75 Å². The zero-order valence-electron chi connectivity index (χ0n) is 20.2. The number of rotatable bonds is 5. The molecule has 0 bridgehead atoms. The Morgan fingerprint density at radius 1 is 1.03 bits per heavy atom. The van der Waals surface area contributed by atoms with Crippen molar-refractivity contribution in [3.63, 3.8) is 0 Å². The van der Waals surface area contributed by atoms with E-state index in [0.29, 0.717) is 5.92 Å². The summed E-state index contributed by atoms with van der Waals surface area (Å²) in [7, 11) is 0. The Hall–Kier alpha value is -3.88. The summed E-state index contributed by atoms with van der Waals surface area (Å²) in [6.45, 7) is 8.64. The third-order valence-corrected chi connectivity index (χ3v) is 6.20. The lowest BCUT2D eigenvalue weighted by atomic mass is 9.96. The number of likely N-dealkylation sites (tertiary alicyclic amines) is 1. The number of nitrogens with zero attached hydrogens (tertiary/aromatic N) is 3. The number of ether oxygens (including phenoxy) is 1. The molecular weight excluding hydrogens is 450 g/mol. The number of fused-ring (bicyclic) bond motifs is 1. The highest BCUT2D eigenvalue weighted by molar-refractivity contribution is 6.27. The summed E-state index contributed by atoms with van der Waals surface area (Å²) in [6.07, 6.45) is 3.51. The van der Waals surface area contributed by atoms with Crippen LogP contribution in [-0.4, -0.2) is 61.7 Å². The number of amides is 1. The first-order chi connectivity index (χ1) is 16.7. The van der Waals surface area contributed by atoms with Gasteiger partial charge >= 0.3 is 11.9 Å². The highest BCUT2D eigenvalue weighted by Crippen LogP contribution is 2.24. The Morgan fingerprint density at radius 3 is 2.23 bits per heavy atom. The number of carbonyl (C=O) groups is 3. The average Bonchev–Trinajstić information content (AvgIpc) is 3.21. The van der Waals surface area contributed by atoms with E-state index in [1.54, 1.807) is 0 Å². The van der Waals surface area contributed by atoms with E-state index >= 15 is 0 Å². The van der Waals surface area contributed by atoms with Crippen LogP contribution in [0.1, 0.15) is 30.9 Å². The third kappa shape index (κ3) is 6.81. The van der Waals surface area contributed by atoms with Gasteiger partial charge in [-0.25, -0.2) is 14.6 Å². The molecule has 9 heteroatoms. The number of benzene rings is 2. The molecule has 2 N–H and O–H groups in total. The molecule has 1 saturated heterocycles. The molecule has 1 fully saturated rings. The number of aryl methyl sites for hydroxylation is 2. The largest absolute Gasteiger partial charge is 0.481 e. The number of carboxylic acid groups (broad SMARTS) is 2. The molecule has 1 atom stereocenters. The van der Waals surface area contributed by atoms with Crippen LogP contribution < -0.4 is 4.74 Å². The maximum atomic E-state index is 12.8. The summed E-state index contributed by atoms with van der Waals surface area (Å²) >= 11 is 0. The van der Waals surface area contributed by atoms with Gasteiger partial charge in [-0.15, -0.1) is 0 Å². The predicted octanol–water partition coefficient (Wildman–Crippen LogP) is 3.51. The fourth-order valence-corrected chi connectivity index (χ4v) is 4.08. The maximum Gasteiger partial charge on any atom is 0.414 e. The summed E-state index contributed by atoms with van der Waals surface area (Å²) in [5.41, 5.74) is 4.84. The molecule has 35 heavy (non-hydrogen) atoms. The molecule has 1 unspecified atom stereocenters. The minimum Gasteiger partial charge on any atom is -0.481 e.